The van der Waals surface area contributed by atoms with Crippen molar-refractivity contribution in [1.82, 2.24) is 0 Å². The summed E-state index contributed by atoms with van der Waals surface area (Å²) in [7, 11) is 0. The van der Waals surface area contributed by atoms with Gasteiger partial charge in [0.1, 0.15) is 0 Å². The second-order valence-electron chi connectivity index (χ2n) is 10.2. The van der Waals surface area contributed by atoms with E-state index >= 15 is 0 Å². The molecule has 2 aliphatic carbocycles. The van der Waals surface area contributed by atoms with Gasteiger partial charge in [0.15, 0.2) is 0 Å². The monoisotopic (exact) mass is 428 g/mol. The molecule has 0 radical (unpaired) electrons. The Bertz CT molecular complexity index is 888. The molecule has 162 valence electrons. The molecule has 1 heteroatoms. The van der Waals surface area contributed by atoms with Gasteiger partial charge < -0.3 is 0 Å². The molecule has 2 fully saturated rings. The molecule has 2 aliphatic rings. The summed E-state index contributed by atoms with van der Waals surface area (Å²) >= 11 is 2.19. The van der Waals surface area contributed by atoms with Crippen molar-refractivity contribution in [3.8, 4) is 22.3 Å². The lowest BCUT2D eigenvalue weighted by molar-refractivity contribution is 0.350. The fourth-order valence-electron chi connectivity index (χ4n) is 5.87. The largest absolute Gasteiger partial charge is 0.143 e. The SMILES string of the molecule is CC1CCC(c2sc(C3CCC(C)CC3)c(-c3ccccc3)c2-c2ccccc2)CC1. The molecule has 0 amide bonds. The molecule has 3 aromatic rings. The van der Waals surface area contributed by atoms with Crippen molar-refractivity contribution >= 4 is 11.3 Å². The minimum absolute atomic E-state index is 0.732. The van der Waals surface area contributed by atoms with Crippen LogP contribution in [0.1, 0.15) is 86.8 Å². The maximum absolute atomic E-state index is 2.44. The lowest BCUT2D eigenvalue weighted by Crippen LogP contribution is -2.10. The van der Waals surface area contributed by atoms with Crippen molar-refractivity contribution in [3.63, 3.8) is 0 Å². The van der Waals surface area contributed by atoms with E-state index in [-0.39, 0.29) is 0 Å². The van der Waals surface area contributed by atoms with Crippen LogP contribution in [0.25, 0.3) is 22.3 Å². The van der Waals surface area contributed by atoms with Gasteiger partial charge in [-0.05, 0) is 60.5 Å². The van der Waals surface area contributed by atoms with Gasteiger partial charge in [0.2, 0.25) is 0 Å². The van der Waals surface area contributed by atoms with E-state index in [9.17, 15) is 0 Å². The summed E-state index contributed by atoms with van der Waals surface area (Å²) in [5.74, 6) is 3.25. The molecule has 0 spiro atoms. The Morgan fingerprint density at radius 3 is 1.23 bits per heavy atom. The second kappa shape index (κ2) is 9.33. The van der Waals surface area contributed by atoms with Gasteiger partial charge in [0.25, 0.3) is 0 Å². The molecule has 2 saturated carbocycles. The molecule has 2 aromatic carbocycles. The Morgan fingerprint density at radius 1 is 0.516 bits per heavy atom. The highest BCUT2D eigenvalue weighted by Crippen LogP contribution is 2.53. The van der Waals surface area contributed by atoms with Gasteiger partial charge in [0, 0.05) is 20.9 Å². The van der Waals surface area contributed by atoms with Gasteiger partial charge in [-0.25, -0.2) is 0 Å². The van der Waals surface area contributed by atoms with Gasteiger partial charge in [-0.2, -0.15) is 0 Å². The molecule has 0 unspecified atom stereocenters. The van der Waals surface area contributed by atoms with Gasteiger partial charge in [-0.15, -0.1) is 11.3 Å². The summed E-state index contributed by atoms with van der Waals surface area (Å²) in [6.07, 6.45) is 11.0. The third kappa shape index (κ3) is 4.40. The van der Waals surface area contributed by atoms with E-state index in [0.717, 1.165) is 23.7 Å². The summed E-state index contributed by atoms with van der Waals surface area (Å²) < 4.78 is 0. The van der Waals surface area contributed by atoms with E-state index in [4.69, 9.17) is 0 Å². The van der Waals surface area contributed by atoms with E-state index in [1.165, 1.54) is 62.5 Å². The van der Waals surface area contributed by atoms with Crippen molar-refractivity contribution in [1.29, 1.82) is 0 Å². The van der Waals surface area contributed by atoms with E-state index in [0.29, 0.717) is 0 Å². The van der Waals surface area contributed by atoms with Crippen LogP contribution in [0.15, 0.2) is 60.7 Å². The molecule has 1 heterocycles. The Morgan fingerprint density at radius 2 is 0.871 bits per heavy atom. The maximum Gasteiger partial charge on any atom is 0.0164 e. The van der Waals surface area contributed by atoms with Crippen LogP contribution in [0, 0.1) is 11.8 Å². The normalized spacial score (nSPS) is 26.6. The zero-order valence-electron chi connectivity index (χ0n) is 19.1. The van der Waals surface area contributed by atoms with Crippen LogP contribution in [0.3, 0.4) is 0 Å². The first-order chi connectivity index (χ1) is 15.2. The van der Waals surface area contributed by atoms with Crippen LogP contribution < -0.4 is 0 Å². The molecule has 31 heavy (non-hydrogen) atoms. The molecule has 1 aromatic heterocycles. The predicted octanol–water partition coefficient (Wildman–Crippen LogP) is 9.67. The van der Waals surface area contributed by atoms with Crippen LogP contribution in [-0.2, 0) is 0 Å². The van der Waals surface area contributed by atoms with Gasteiger partial charge in [-0.1, -0.05) is 100 Å². The third-order valence-corrected chi connectivity index (χ3v) is 9.38. The molecule has 0 bridgehead atoms. The Kier molecular flexibility index (Phi) is 6.32. The van der Waals surface area contributed by atoms with E-state index in [1.54, 1.807) is 20.9 Å². The highest BCUT2D eigenvalue weighted by atomic mass is 32.1. The molecule has 5 rings (SSSR count). The predicted molar refractivity (Wildman–Crippen MR) is 136 cm³/mol. The quantitative estimate of drug-likeness (QED) is 0.388. The standard InChI is InChI=1S/C30H36S/c1-21-13-17-25(18-14-21)29-27(23-9-5-3-6-10-23)28(24-11-7-4-8-12-24)30(31-29)26-19-15-22(2)16-20-26/h3-12,21-22,25-26H,13-20H2,1-2H3. The summed E-state index contributed by atoms with van der Waals surface area (Å²) in [5, 5.41) is 0. The van der Waals surface area contributed by atoms with Gasteiger partial charge in [-0.3, -0.25) is 0 Å². The second-order valence-corrected chi connectivity index (χ2v) is 11.3. The summed E-state index contributed by atoms with van der Waals surface area (Å²) in [6, 6.07) is 22.6. The number of thiophene rings is 1. The van der Waals surface area contributed by atoms with Crippen molar-refractivity contribution in [2.45, 2.75) is 77.0 Å². The molecular formula is C30H36S. The molecular weight excluding hydrogens is 392 g/mol. The molecule has 0 saturated heterocycles. The van der Waals surface area contributed by atoms with Crippen LogP contribution in [-0.4, -0.2) is 0 Å². The highest BCUT2D eigenvalue weighted by Gasteiger charge is 2.32. The van der Waals surface area contributed by atoms with Crippen LogP contribution in [0.2, 0.25) is 0 Å². The topological polar surface area (TPSA) is 0 Å². The fourth-order valence-corrected chi connectivity index (χ4v) is 7.55. The van der Waals surface area contributed by atoms with E-state index in [2.05, 4.69) is 85.8 Å². The van der Waals surface area contributed by atoms with Gasteiger partial charge >= 0.3 is 0 Å². The molecule has 0 atom stereocenters. The van der Waals surface area contributed by atoms with E-state index in [1.807, 2.05) is 0 Å². The number of hydrogen-bond acceptors (Lipinski definition) is 1. The van der Waals surface area contributed by atoms with Crippen molar-refractivity contribution in [2.24, 2.45) is 11.8 Å². The minimum Gasteiger partial charge on any atom is -0.143 e. The van der Waals surface area contributed by atoms with Crippen LogP contribution in [0.5, 0.6) is 0 Å². The van der Waals surface area contributed by atoms with Crippen molar-refractivity contribution in [3.05, 3.63) is 70.4 Å². The zero-order chi connectivity index (χ0) is 21.2. The Hall–Kier alpha value is -1.86. The maximum atomic E-state index is 2.44. The first-order valence-electron chi connectivity index (χ1n) is 12.5. The third-order valence-electron chi connectivity index (χ3n) is 7.86. The fraction of sp³-hybridized carbons (Fsp3) is 0.467. The zero-order valence-corrected chi connectivity index (χ0v) is 20.0. The van der Waals surface area contributed by atoms with Crippen molar-refractivity contribution in [2.75, 3.05) is 0 Å². The van der Waals surface area contributed by atoms with Crippen LogP contribution in [0.4, 0.5) is 0 Å². The number of rotatable bonds is 4. The first-order valence-corrected chi connectivity index (χ1v) is 13.3. The summed E-state index contributed by atoms with van der Waals surface area (Å²) in [4.78, 5) is 3.37. The van der Waals surface area contributed by atoms with Crippen LogP contribution >= 0.6 is 11.3 Å². The number of benzene rings is 2. The van der Waals surface area contributed by atoms with Gasteiger partial charge in [0.05, 0.1) is 0 Å². The molecule has 0 nitrogen and oxygen atoms in total. The van der Waals surface area contributed by atoms with E-state index < -0.39 is 0 Å². The molecule has 0 N–H and O–H groups in total. The summed E-state index contributed by atoms with van der Waals surface area (Å²) in [5.41, 5.74) is 5.96. The first kappa shape index (κ1) is 21.0. The average Bonchev–Trinajstić information content (AvgIpc) is 3.22. The Labute approximate surface area is 192 Å². The summed E-state index contributed by atoms with van der Waals surface area (Å²) in [6.45, 7) is 4.87. The highest BCUT2D eigenvalue weighted by molar-refractivity contribution is 7.13. The Balaban J connectivity index is 1.69. The molecule has 0 aliphatic heterocycles. The number of hydrogen-bond donors (Lipinski definition) is 0. The smallest absolute Gasteiger partial charge is 0.0164 e. The lowest BCUT2D eigenvalue weighted by atomic mass is 9.78. The average molecular weight is 429 g/mol. The lowest BCUT2D eigenvalue weighted by Gasteiger charge is -2.27. The minimum atomic E-state index is 0.732. The van der Waals surface area contributed by atoms with Crippen molar-refractivity contribution < 1.29 is 0 Å².